The molecule has 1 fully saturated rings. The number of anilines is 1. The molecule has 0 unspecified atom stereocenters. The second kappa shape index (κ2) is 5.22. The topological polar surface area (TPSA) is 71.5 Å². The van der Waals surface area contributed by atoms with Gasteiger partial charge >= 0.3 is 5.97 Å². The van der Waals surface area contributed by atoms with E-state index in [9.17, 15) is 9.59 Å². The van der Waals surface area contributed by atoms with Crippen LogP contribution in [0.25, 0.3) is 0 Å². The molecular formula is C11H12ClN3O3. The van der Waals surface area contributed by atoms with E-state index >= 15 is 0 Å². The van der Waals surface area contributed by atoms with Crippen molar-refractivity contribution in [2.75, 3.05) is 11.6 Å². The quantitative estimate of drug-likeness (QED) is 0.826. The number of rotatable bonds is 3. The molecule has 7 heteroatoms. The number of aromatic nitrogens is 1. The minimum atomic E-state index is -0.732. The highest BCUT2D eigenvalue weighted by Crippen LogP contribution is 2.26. The summed E-state index contributed by atoms with van der Waals surface area (Å²) in [5.74, 6) is -0.407. The summed E-state index contributed by atoms with van der Waals surface area (Å²) < 4.78 is 4.92. The number of nitrogens with one attached hydrogen (secondary N) is 1. The van der Waals surface area contributed by atoms with Gasteiger partial charge in [0.1, 0.15) is 0 Å². The third-order valence-electron chi connectivity index (χ3n) is 2.46. The lowest BCUT2D eigenvalue weighted by Gasteiger charge is -2.23. The molecule has 0 aromatic carbocycles. The van der Waals surface area contributed by atoms with Gasteiger partial charge in [0, 0.05) is 6.20 Å². The number of carbonyl (C=O) groups is 2. The van der Waals surface area contributed by atoms with Crippen molar-refractivity contribution in [1.82, 2.24) is 10.4 Å². The maximum Gasteiger partial charge on any atom is 0.331 e. The number of hydrazine groups is 1. The van der Waals surface area contributed by atoms with Crippen LogP contribution >= 0.6 is 11.6 Å². The number of nitrogens with zero attached hydrogens (tertiary/aromatic N) is 2. The molecule has 0 bridgehead atoms. The lowest BCUT2D eigenvalue weighted by Crippen LogP contribution is -2.43. The van der Waals surface area contributed by atoms with E-state index in [1.165, 1.54) is 11.2 Å². The molecule has 1 aromatic rings. The van der Waals surface area contributed by atoms with Gasteiger partial charge in [-0.2, -0.15) is 0 Å². The van der Waals surface area contributed by atoms with E-state index in [1.54, 1.807) is 19.1 Å². The fourth-order valence-electron chi connectivity index (χ4n) is 1.71. The average molecular weight is 270 g/mol. The normalized spacial score (nSPS) is 18.7. The molecule has 0 radical (unpaired) electrons. The first-order chi connectivity index (χ1) is 8.63. The molecule has 0 saturated carbocycles. The number of hydrogen-bond acceptors (Lipinski definition) is 5. The molecule has 1 aliphatic heterocycles. The highest BCUT2D eigenvalue weighted by molar-refractivity contribution is 6.33. The summed E-state index contributed by atoms with van der Waals surface area (Å²) in [4.78, 5) is 27.2. The first-order valence-electron chi connectivity index (χ1n) is 5.49. The molecule has 6 nitrogen and oxygen atoms in total. The van der Waals surface area contributed by atoms with Crippen LogP contribution in [0.15, 0.2) is 18.3 Å². The minimum Gasteiger partial charge on any atom is -0.464 e. The Labute approximate surface area is 109 Å². The minimum absolute atomic E-state index is 0.0335. The van der Waals surface area contributed by atoms with Crippen LogP contribution in [0, 0.1) is 0 Å². The summed E-state index contributed by atoms with van der Waals surface area (Å²) in [6.45, 7) is 1.97. The monoisotopic (exact) mass is 269 g/mol. The Morgan fingerprint density at radius 3 is 3.17 bits per heavy atom. The van der Waals surface area contributed by atoms with Crippen molar-refractivity contribution in [2.24, 2.45) is 0 Å². The third kappa shape index (κ3) is 2.38. The lowest BCUT2D eigenvalue weighted by atomic mass is 10.2. The Balaban J connectivity index is 2.28. The maximum absolute atomic E-state index is 11.8. The molecule has 0 aliphatic carbocycles. The Hall–Kier alpha value is -1.82. The van der Waals surface area contributed by atoms with Crippen molar-refractivity contribution in [3.63, 3.8) is 0 Å². The molecule has 1 saturated heterocycles. The number of hydrogen-bond donors (Lipinski definition) is 1. The summed E-state index contributed by atoms with van der Waals surface area (Å²) >= 11 is 5.99. The molecule has 1 atom stereocenters. The molecule has 2 heterocycles. The maximum atomic E-state index is 11.8. The Morgan fingerprint density at radius 1 is 1.72 bits per heavy atom. The van der Waals surface area contributed by atoms with E-state index in [0.29, 0.717) is 10.8 Å². The number of amides is 1. The second-order valence-corrected chi connectivity index (χ2v) is 4.09. The number of carbonyl (C=O) groups excluding carboxylic acids is 2. The number of ether oxygens (including phenoxy) is 1. The molecule has 1 N–H and O–H groups in total. The zero-order valence-electron chi connectivity index (χ0n) is 9.72. The van der Waals surface area contributed by atoms with Crippen molar-refractivity contribution in [3.05, 3.63) is 23.4 Å². The molecule has 1 aromatic heterocycles. The third-order valence-corrected chi connectivity index (χ3v) is 2.76. The predicted molar refractivity (Wildman–Crippen MR) is 64.9 cm³/mol. The highest BCUT2D eigenvalue weighted by Gasteiger charge is 2.38. The van der Waals surface area contributed by atoms with E-state index in [-0.39, 0.29) is 18.9 Å². The van der Waals surface area contributed by atoms with E-state index in [2.05, 4.69) is 10.4 Å². The zero-order valence-corrected chi connectivity index (χ0v) is 10.5. The molecular weight excluding hydrogens is 258 g/mol. The van der Waals surface area contributed by atoms with E-state index in [0.717, 1.165) is 0 Å². The summed E-state index contributed by atoms with van der Waals surface area (Å²) in [5.41, 5.74) is 2.55. The van der Waals surface area contributed by atoms with Gasteiger partial charge in [-0.1, -0.05) is 11.6 Å². The van der Waals surface area contributed by atoms with Gasteiger partial charge in [0.05, 0.1) is 18.1 Å². The first-order valence-corrected chi connectivity index (χ1v) is 5.87. The van der Waals surface area contributed by atoms with Crippen molar-refractivity contribution in [2.45, 2.75) is 19.4 Å². The lowest BCUT2D eigenvalue weighted by molar-refractivity contribution is -0.144. The van der Waals surface area contributed by atoms with Crippen molar-refractivity contribution in [1.29, 1.82) is 0 Å². The molecule has 18 heavy (non-hydrogen) atoms. The second-order valence-electron chi connectivity index (χ2n) is 3.69. The van der Waals surface area contributed by atoms with Crippen molar-refractivity contribution in [3.8, 4) is 0 Å². The van der Waals surface area contributed by atoms with Gasteiger partial charge in [-0.15, -0.1) is 0 Å². The molecule has 1 aliphatic rings. The summed E-state index contributed by atoms with van der Waals surface area (Å²) in [7, 11) is 0. The van der Waals surface area contributed by atoms with Crippen LogP contribution < -0.4 is 10.4 Å². The van der Waals surface area contributed by atoms with Crippen LogP contribution in [0.2, 0.25) is 5.02 Å². The number of pyridine rings is 1. The van der Waals surface area contributed by atoms with Crippen LogP contribution in [-0.2, 0) is 14.3 Å². The van der Waals surface area contributed by atoms with Gasteiger partial charge in [0.2, 0.25) is 5.91 Å². The van der Waals surface area contributed by atoms with Crippen LogP contribution in [-0.4, -0.2) is 29.5 Å². The fraction of sp³-hybridized carbons (Fsp3) is 0.364. The Kier molecular flexibility index (Phi) is 3.66. The fourth-order valence-corrected chi connectivity index (χ4v) is 1.92. The summed E-state index contributed by atoms with van der Waals surface area (Å²) in [6.07, 6.45) is 1.57. The van der Waals surface area contributed by atoms with Crippen molar-refractivity contribution >= 4 is 29.3 Å². The Bertz CT molecular complexity index is 480. The Morgan fingerprint density at radius 2 is 2.50 bits per heavy atom. The van der Waals surface area contributed by atoms with E-state index in [1.807, 2.05) is 0 Å². The van der Waals surface area contributed by atoms with Gasteiger partial charge in [0.15, 0.2) is 11.9 Å². The summed E-state index contributed by atoms with van der Waals surface area (Å²) in [6, 6.07) is 2.57. The molecule has 96 valence electrons. The summed E-state index contributed by atoms with van der Waals surface area (Å²) in [5, 5.41) is 1.71. The molecule has 1 amide bonds. The van der Waals surface area contributed by atoms with Crippen LogP contribution in [0.5, 0.6) is 0 Å². The van der Waals surface area contributed by atoms with Gasteiger partial charge < -0.3 is 4.74 Å². The average Bonchev–Trinajstić information content (AvgIpc) is 2.72. The standard InChI is InChI=1S/C11H12ClN3O3/c1-2-18-11(17)8-6-9(16)14-15(8)10-7(12)4-3-5-13-10/h3-5,8H,2,6H2,1H3,(H,14,16)/t8-/m0/s1. The van der Waals surface area contributed by atoms with E-state index < -0.39 is 12.0 Å². The van der Waals surface area contributed by atoms with E-state index in [4.69, 9.17) is 16.3 Å². The first kappa shape index (κ1) is 12.6. The van der Waals surface area contributed by atoms with Crippen LogP contribution in [0.3, 0.4) is 0 Å². The van der Waals surface area contributed by atoms with Gasteiger partial charge in [-0.05, 0) is 19.1 Å². The van der Waals surface area contributed by atoms with Gasteiger partial charge in [0.25, 0.3) is 0 Å². The molecule has 2 rings (SSSR count). The SMILES string of the molecule is CCOC(=O)[C@@H]1CC(=O)NN1c1ncccc1Cl. The highest BCUT2D eigenvalue weighted by atomic mass is 35.5. The smallest absolute Gasteiger partial charge is 0.331 e. The van der Waals surface area contributed by atoms with Crippen LogP contribution in [0.4, 0.5) is 5.82 Å². The van der Waals surface area contributed by atoms with Gasteiger partial charge in [-0.25, -0.2) is 9.78 Å². The number of halogens is 1. The largest absolute Gasteiger partial charge is 0.464 e. The predicted octanol–water partition coefficient (Wildman–Crippen LogP) is 0.908. The van der Waals surface area contributed by atoms with Crippen molar-refractivity contribution < 1.29 is 14.3 Å². The molecule has 0 spiro atoms. The van der Waals surface area contributed by atoms with Gasteiger partial charge in [-0.3, -0.25) is 15.2 Å². The van der Waals surface area contributed by atoms with Crippen LogP contribution in [0.1, 0.15) is 13.3 Å². The zero-order chi connectivity index (χ0) is 13.1. The number of esters is 1.